The molecule has 0 bridgehead atoms. The fourth-order valence-corrected chi connectivity index (χ4v) is 2.14. The maximum Gasteiger partial charge on any atom is 0.308 e. The summed E-state index contributed by atoms with van der Waals surface area (Å²) in [6.07, 6.45) is 0. The van der Waals surface area contributed by atoms with Crippen molar-refractivity contribution in [2.24, 2.45) is 11.8 Å². The number of aromatic nitrogens is 1. The van der Waals surface area contributed by atoms with E-state index in [2.05, 4.69) is 4.98 Å². The van der Waals surface area contributed by atoms with Gasteiger partial charge in [-0.3, -0.25) is 9.59 Å². The van der Waals surface area contributed by atoms with Crippen LogP contribution < -0.4 is 0 Å². The number of carboxylic acids is 1. The molecular weight excluding hydrogens is 239 g/mol. The van der Waals surface area contributed by atoms with Gasteiger partial charge in [-0.15, -0.1) is 0 Å². The minimum atomic E-state index is -0.912. The molecule has 96 valence electrons. The molecule has 2 heterocycles. The summed E-state index contributed by atoms with van der Waals surface area (Å²) in [6.45, 7) is 2.28. The highest BCUT2D eigenvalue weighted by molar-refractivity contribution is 5.93. The number of carbonyl (C=O) groups excluding carboxylic acids is 1. The molecule has 1 aromatic heterocycles. The molecule has 1 aromatic rings. The van der Waals surface area contributed by atoms with Gasteiger partial charge in [0.25, 0.3) is 5.91 Å². The Morgan fingerprint density at radius 2 is 2.17 bits per heavy atom. The van der Waals surface area contributed by atoms with Crippen molar-refractivity contribution >= 4 is 11.9 Å². The zero-order chi connectivity index (χ0) is 13.3. The number of rotatable bonds is 2. The molecule has 6 heteroatoms. The van der Waals surface area contributed by atoms with Gasteiger partial charge in [-0.05, 0) is 18.1 Å². The van der Waals surface area contributed by atoms with Crippen LogP contribution in [-0.2, 0) is 4.79 Å². The third-order valence-corrected chi connectivity index (χ3v) is 3.15. The SMILES string of the molecule is C[C@@H]1CN(C(=O)c2cccc(F)n2)C[C@H]1C(=O)O. The number of hydrogen-bond donors (Lipinski definition) is 1. The summed E-state index contributed by atoms with van der Waals surface area (Å²) in [5.41, 5.74) is 0.00763. The summed E-state index contributed by atoms with van der Waals surface area (Å²) in [7, 11) is 0. The normalized spacial score (nSPS) is 23.1. The molecule has 1 aliphatic rings. The monoisotopic (exact) mass is 252 g/mol. The predicted octanol–water partition coefficient (Wildman–Crippen LogP) is 1.01. The van der Waals surface area contributed by atoms with Crippen molar-refractivity contribution in [1.82, 2.24) is 9.88 Å². The number of carbonyl (C=O) groups is 2. The van der Waals surface area contributed by atoms with Crippen molar-refractivity contribution in [3.63, 3.8) is 0 Å². The first kappa shape index (κ1) is 12.5. The molecule has 2 atom stereocenters. The number of halogens is 1. The standard InChI is InChI=1S/C12H13FN2O3/c1-7-5-15(6-8(7)12(17)18)11(16)9-3-2-4-10(13)14-9/h2-4,7-8H,5-6H2,1H3,(H,17,18)/t7-,8-/m1/s1. The lowest BCUT2D eigenvalue weighted by molar-refractivity contribution is -0.142. The van der Waals surface area contributed by atoms with Crippen LogP contribution in [0.2, 0.25) is 0 Å². The Bertz CT molecular complexity index is 492. The first-order chi connectivity index (χ1) is 8.49. The van der Waals surface area contributed by atoms with Gasteiger partial charge < -0.3 is 10.0 Å². The largest absolute Gasteiger partial charge is 0.481 e. The molecule has 0 aromatic carbocycles. The summed E-state index contributed by atoms with van der Waals surface area (Å²) in [4.78, 5) is 27.9. The van der Waals surface area contributed by atoms with E-state index in [-0.39, 0.29) is 18.2 Å². The maximum absolute atomic E-state index is 12.9. The molecule has 0 radical (unpaired) electrons. The lowest BCUT2D eigenvalue weighted by Gasteiger charge is -2.15. The van der Waals surface area contributed by atoms with Crippen LogP contribution in [0, 0.1) is 17.8 Å². The van der Waals surface area contributed by atoms with Crippen LogP contribution in [-0.4, -0.2) is 40.0 Å². The van der Waals surface area contributed by atoms with E-state index in [1.54, 1.807) is 6.92 Å². The predicted molar refractivity (Wildman–Crippen MR) is 60.4 cm³/mol. The van der Waals surface area contributed by atoms with E-state index >= 15 is 0 Å². The van der Waals surface area contributed by atoms with Gasteiger partial charge >= 0.3 is 5.97 Å². The summed E-state index contributed by atoms with van der Waals surface area (Å²) < 4.78 is 12.9. The van der Waals surface area contributed by atoms with Crippen LogP contribution >= 0.6 is 0 Å². The third-order valence-electron chi connectivity index (χ3n) is 3.15. The lowest BCUT2D eigenvalue weighted by atomic mass is 9.99. The quantitative estimate of drug-likeness (QED) is 0.797. The van der Waals surface area contributed by atoms with Gasteiger partial charge in [-0.1, -0.05) is 13.0 Å². The number of carboxylic acid groups (broad SMARTS) is 1. The minimum absolute atomic E-state index is 0.00763. The van der Waals surface area contributed by atoms with E-state index in [9.17, 15) is 14.0 Å². The van der Waals surface area contributed by atoms with Gasteiger partial charge in [0, 0.05) is 13.1 Å². The Morgan fingerprint density at radius 3 is 2.72 bits per heavy atom. The van der Waals surface area contributed by atoms with Crippen molar-refractivity contribution in [1.29, 1.82) is 0 Å². The minimum Gasteiger partial charge on any atom is -0.481 e. The highest BCUT2D eigenvalue weighted by Gasteiger charge is 2.37. The topological polar surface area (TPSA) is 70.5 Å². The molecule has 1 N–H and O–H groups in total. The molecule has 18 heavy (non-hydrogen) atoms. The van der Waals surface area contributed by atoms with Gasteiger partial charge in [0.15, 0.2) is 0 Å². The second kappa shape index (κ2) is 4.72. The molecule has 0 saturated carbocycles. The molecule has 1 aliphatic heterocycles. The summed E-state index contributed by atoms with van der Waals surface area (Å²) in [6, 6.07) is 3.98. The number of hydrogen-bond acceptors (Lipinski definition) is 3. The van der Waals surface area contributed by atoms with Crippen LogP contribution in [0.5, 0.6) is 0 Å². The van der Waals surface area contributed by atoms with Crippen LogP contribution in [0.4, 0.5) is 4.39 Å². The Morgan fingerprint density at radius 1 is 1.44 bits per heavy atom. The van der Waals surface area contributed by atoms with Crippen molar-refractivity contribution in [2.45, 2.75) is 6.92 Å². The lowest BCUT2D eigenvalue weighted by Crippen LogP contribution is -2.30. The van der Waals surface area contributed by atoms with Crippen molar-refractivity contribution < 1.29 is 19.1 Å². The van der Waals surface area contributed by atoms with Crippen molar-refractivity contribution in [3.05, 3.63) is 29.8 Å². The Balaban J connectivity index is 2.14. The molecule has 0 aliphatic carbocycles. The Labute approximate surface area is 103 Å². The molecular formula is C12H13FN2O3. The van der Waals surface area contributed by atoms with E-state index in [1.165, 1.54) is 17.0 Å². The maximum atomic E-state index is 12.9. The zero-order valence-corrected chi connectivity index (χ0v) is 9.84. The van der Waals surface area contributed by atoms with E-state index in [4.69, 9.17) is 5.11 Å². The second-order valence-electron chi connectivity index (χ2n) is 4.48. The Kier molecular flexibility index (Phi) is 3.27. The van der Waals surface area contributed by atoms with Crippen LogP contribution in [0.1, 0.15) is 17.4 Å². The van der Waals surface area contributed by atoms with Gasteiger partial charge in [0.1, 0.15) is 5.69 Å². The average Bonchev–Trinajstić information content (AvgIpc) is 2.70. The summed E-state index contributed by atoms with van der Waals surface area (Å²) in [5, 5.41) is 8.98. The number of aliphatic carboxylic acids is 1. The van der Waals surface area contributed by atoms with Gasteiger partial charge in [0.2, 0.25) is 5.95 Å². The molecule has 1 fully saturated rings. The Hall–Kier alpha value is -1.98. The van der Waals surface area contributed by atoms with Gasteiger partial charge in [-0.2, -0.15) is 4.39 Å². The fourth-order valence-electron chi connectivity index (χ4n) is 2.14. The highest BCUT2D eigenvalue weighted by atomic mass is 19.1. The first-order valence-corrected chi connectivity index (χ1v) is 5.63. The summed E-state index contributed by atoms with van der Waals surface area (Å²) in [5.74, 6) is -2.74. The average molecular weight is 252 g/mol. The van der Waals surface area contributed by atoms with Crippen LogP contribution in [0.25, 0.3) is 0 Å². The van der Waals surface area contributed by atoms with E-state index < -0.39 is 23.7 Å². The molecule has 5 nitrogen and oxygen atoms in total. The van der Waals surface area contributed by atoms with E-state index in [0.717, 1.165) is 6.07 Å². The first-order valence-electron chi connectivity index (χ1n) is 5.63. The number of likely N-dealkylation sites (tertiary alicyclic amines) is 1. The van der Waals surface area contributed by atoms with Gasteiger partial charge in [-0.25, -0.2) is 4.98 Å². The second-order valence-corrected chi connectivity index (χ2v) is 4.48. The number of nitrogens with zero attached hydrogens (tertiary/aromatic N) is 2. The molecule has 1 amide bonds. The molecule has 1 saturated heterocycles. The van der Waals surface area contributed by atoms with Gasteiger partial charge in [0.05, 0.1) is 5.92 Å². The highest BCUT2D eigenvalue weighted by Crippen LogP contribution is 2.24. The van der Waals surface area contributed by atoms with Crippen LogP contribution in [0.15, 0.2) is 18.2 Å². The smallest absolute Gasteiger partial charge is 0.308 e. The molecule has 0 spiro atoms. The van der Waals surface area contributed by atoms with Crippen molar-refractivity contribution in [3.8, 4) is 0 Å². The third kappa shape index (κ3) is 2.32. The molecule has 2 rings (SSSR count). The van der Waals surface area contributed by atoms with Crippen molar-refractivity contribution in [2.75, 3.05) is 13.1 Å². The van der Waals surface area contributed by atoms with E-state index in [1.807, 2.05) is 0 Å². The molecule has 0 unspecified atom stereocenters. The summed E-state index contributed by atoms with van der Waals surface area (Å²) >= 11 is 0. The number of pyridine rings is 1. The number of amides is 1. The zero-order valence-electron chi connectivity index (χ0n) is 9.84. The fraction of sp³-hybridized carbons (Fsp3) is 0.417. The van der Waals surface area contributed by atoms with E-state index in [0.29, 0.717) is 6.54 Å². The van der Waals surface area contributed by atoms with Crippen LogP contribution in [0.3, 0.4) is 0 Å².